The van der Waals surface area contributed by atoms with Gasteiger partial charge >= 0.3 is 5.97 Å². The highest BCUT2D eigenvalue weighted by Gasteiger charge is 2.76. The third kappa shape index (κ3) is 4.38. The molecule has 1 aliphatic heterocycles. The van der Waals surface area contributed by atoms with Crippen LogP contribution in [0.1, 0.15) is 89.0 Å². The topological polar surface area (TPSA) is 91.3 Å². The molecule has 2 bridgehead atoms. The van der Waals surface area contributed by atoms with Crippen LogP contribution < -0.4 is 0 Å². The second-order valence-corrected chi connectivity index (χ2v) is 16.1. The van der Waals surface area contributed by atoms with Crippen molar-refractivity contribution in [2.45, 2.75) is 129 Å². The summed E-state index contributed by atoms with van der Waals surface area (Å²) in [6.45, 7) is 22.1. The van der Waals surface area contributed by atoms with E-state index in [1.807, 2.05) is 55.4 Å². The van der Waals surface area contributed by atoms with E-state index in [1.165, 1.54) is 6.92 Å². The monoisotopic (exact) mass is 566 g/mol. The zero-order chi connectivity index (χ0) is 29.5. The fourth-order valence-corrected chi connectivity index (χ4v) is 10.5. The molecule has 2 saturated carbocycles. The molecule has 9 atom stereocenters. The van der Waals surface area contributed by atoms with E-state index < -0.39 is 62.9 Å². The molecule has 7 nitrogen and oxygen atoms in total. The molecule has 0 aromatic rings. The average molecular weight is 567 g/mol. The van der Waals surface area contributed by atoms with Gasteiger partial charge in [0, 0.05) is 49.4 Å². The lowest BCUT2D eigenvalue weighted by molar-refractivity contribution is -0.343. The summed E-state index contributed by atoms with van der Waals surface area (Å²) in [5.74, 6) is -1.79. The fourth-order valence-electron chi connectivity index (χ4n) is 9.22. The van der Waals surface area contributed by atoms with Gasteiger partial charge in [-0.15, -0.1) is 11.8 Å². The third-order valence-electron chi connectivity index (χ3n) is 10.7. The van der Waals surface area contributed by atoms with Crippen LogP contribution in [0.2, 0.25) is 0 Å². The summed E-state index contributed by atoms with van der Waals surface area (Å²) in [5, 5.41) is 13.2. The number of fused-ring (bicyclic) bond motifs is 5. The maximum absolute atomic E-state index is 15.0. The van der Waals surface area contributed by atoms with Crippen LogP contribution in [0.3, 0.4) is 0 Å². The van der Waals surface area contributed by atoms with Gasteiger partial charge in [-0.05, 0) is 44.8 Å². The first-order valence-electron chi connectivity index (χ1n) is 14.5. The highest BCUT2D eigenvalue weighted by molar-refractivity contribution is 8.01. The Bertz CT molecular complexity index is 1050. The molecule has 6 unspecified atom stereocenters. The zero-order valence-electron chi connectivity index (χ0n) is 26.0. The molecule has 1 saturated heterocycles. The first-order valence-corrected chi connectivity index (χ1v) is 15.4. The second kappa shape index (κ2) is 9.82. The van der Waals surface area contributed by atoms with Crippen LogP contribution >= 0.6 is 11.8 Å². The molecule has 39 heavy (non-hydrogen) atoms. The number of ether oxygens (including phenoxy) is 4. The van der Waals surface area contributed by atoms with Crippen molar-refractivity contribution in [3.8, 4) is 0 Å². The lowest BCUT2D eigenvalue weighted by Crippen LogP contribution is -2.79. The lowest BCUT2D eigenvalue weighted by Gasteiger charge is -2.69. The van der Waals surface area contributed by atoms with E-state index in [0.29, 0.717) is 18.1 Å². The van der Waals surface area contributed by atoms with E-state index in [4.69, 9.17) is 18.9 Å². The molecule has 8 heteroatoms. The predicted octanol–water partition coefficient (Wildman–Crippen LogP) is 5.32. The Morgan fingerprint density at radius 2 is 1.82 bits per heavy atom. The fraction of sp³-hybridized carbons (Fsp3) is 0.871. The van der Waals surface area contributed by atoms with Gasteiger partial charge in [0.15, 0.2) is 5.60 Å². The van der Waals surface area contributed by atoms with Crippen molar-refractivity contribution in [3.63, 3.8) is 0 Å². The van der Waals surface area contributed by atoms with E-state index in [9.17, 15) is 9.90 Å². The van der Waals surface area contributed by atoms with Gasteiger partial charge in [-0.2, -0.15) is 0 Å². The Morgan fingerprint density at radius 3 is 2.31 bits per heavy atom. The minimum Gasteiger partial charge on any atom is -0.454 e. The maximum Gasteiger partial charge on any atom is 0.303 e. The van der Waals surface area contributed by atoms with E-state index >= 15 is 4.79 Å². The molecule has 1 N–H and O–H groups in total. The number of esters is 1. The standard InChI is InChI=1S/C31H50O7S/c1-16(2)39-28(9,10)38-22-13-23-30(15-36-23,37-20(6)32)25-19(5)31(34)14-21(35-12)17(3)24(27(31,7)8)18(4)26(33)29(22,25)11/h16,18-19,21-23,25,34H,13-15H2,1-12H3/t18-,19+,21?,22?,23?,25?,29-,30?,31?/m1/s1. The SMILES string of the molecule is COC1CC2(O)[C@@H](C)C3C4(OC(C)=O)COC4CC(OC(C)(C)SC(C)C)[C@@]3(C)C(=O)[C@H](C)C(=C1C)C2(C)C. The highest BCUT2D eigenvalue weighted by Crippen LogP contribution is 2.66. The van der Waals surface area contributed by atoms with Gasteiger partial charge in [0.1, 0.15) is 16.8 Å². The molecule has 4 aliphatic rings. The van der Waals surface area contributed by atoms with Gasteiger partial charge in [-0.1, -0.05) is 41.5 Å². The van der Waals surface area contributed by atoms with E-state index in [1.54, 1.807) is 18.9 Å². The van der Waals surface area contributed by atoms with Crippen molar-refractivity contribution < 1.29 is 33.6 Å². The van der Waals surface area contributed by atoms with Crippen molar-refractivity contribution in [1.29, 1.82) is 0 Å². The Labute approximate surface area is 239 Å². The molecule has 0 aromatic carbocycles. The van der Waals surface area contributed by atoms with Gasteiger partial charge in [0.2, 0.25) is 0 Å². The van der Waals surface area contributed by atoms with Crippen LogP contribution in [-0.2, 0) is 28.5 Å². The highest BCUT2D eigenvalue weighted by atomic mass is 32.2. The van der Waals surface area contributed by atoms with Crippen LogP contribution in [0, 0.1) is 28.6 Å². The normalized spacial score (nSPS) is 43.7. The van der Waals surface area contributed by atoms with Crippen LogP contribution in [0.15, 0.2) is 11.1 Å². The number of aliphatic hydroxyl groups is 1. The van der Waals surface area contributed by atoms with Gasteiger partial charge in [-0.25, -0.2) is 0 Å². The molecule has 222 valence electrons. The van der Waals surface area contributed by atoms with E-state index in [0.717, 1.165) is 11.1 Å². The summed E-state index contributed by atoms with van der Waals surface area (Å²) < 4.78 is 25.1. The quantitative estimate of drug-likeness (QED) is 0.262. The van der Waals surface area contributed by atoms with Gasteiger partial charge < -0.3 is 24.1 Å². The number of methoxy groups -OCH3 is 1. The van der Waals surface area contributed by atoms with Crippen LogP contribution in [0.4, 0.5) is 0 Å². The number of hydrogen-bond donors (Lipinski definition) is 1. The van der Waals surface area contributed by atoms with Crippen LogP contribution in [0.25, 0.3) is 0 Å². The van der Waals surface area contributed by atoms with E-state index in [2.05, 4.69) is 13.8 Å². The van der Waals surface area contributed by atoms with Crippen molar-refractivity contribution in [2.24, 2.45) is 28.6 Å². The molecule has 3 fully saturated rings. The number of carbonyl (C=O) groups is 2. The predicted molar refractivity (Wildman–Crippen MR) is 152 cm³/mol. The van der Waals surface area contributed by atoms with Crippen LogP contribution in [-0.4, -0.2) is 70.3 Å². The number of carbonyl (C=O) groups excluding carboxylic acids is 2. The summed E-state index contributed by atoms with van der Waals surface area (Å²) in [5.41, 5.74) is -2.04. The Hall–Kier alpha value is -0.930. The molecule has 0 spiro atoms. The van der Waals surface area contributed by atoms with E-state index in [-0.39, 0.29) is 18.5 Å². The summed E-state index contributed by atoms with van der Waals surface area (Å²) >= 11 is 1.71. The minimum atomic E-state index is -1.24. The molecule has 4 rings (SSSR count). The number of ketones is 1. The van der Waals surface area contributed by atoms with Crippen LogP contribution in [0.5, 0.6) is 0 Å². The average Bonchev–Trinajstić information content (AvgIpc) is 2.79. The smallest absolute Gasteiger partial charge is 0.303 e. The van der Waals surface area contributed by atoms with Crippen molar-refractivity contribution in [1.82, 2.24) is 0 Å². The van der Waals surface area contributed by atoms with Crippen molar-refractivity contribution >= 4 is 23.5 Å². The van der Waals surface area contributed by atoms with Gasteiger partial charge in [0.05, 0.1) is 29.8 Å². The number of Topliss-reactive ketones (excluding diaryl/α,β-unsaturated/α-hetero) is 1. The number of rotatable bonds is 6. The van der Waals surface area contributed by atoms with Crippen molar-refractivity contribution in [3.05, 3.63) is 11.1 Å². The first-order chi connectivity index (χ1) is 17.8. The maximum atomic E-state index is 15.0. The largest absolute Gasteiger partial charge is 0.454 e. The number of thioether (sulfide) groups is 1. The third-order valence-corrected chi connectivity index (χ3v) is 11.8. The minimum absolute atomic E-state index is 0.0628. The molecule has 0 amide bonds. The Morgan fingerprint density at radius 1 is 1.21 bits per heavy atom. The first kappa shape index (κ1) is 31.0. The molecular formula is C31H50O7S. The molecule has 3 aliphatic carbocycles. The summed E-state index contributed by atoms with van der Waals surface area (Å²) in [7, 11) is 1.66. The second-order valence-electron chi connectivity index (χ2n) is 14.0. The summed E-state index contributed by atoms with van der Waals surface area (Å²) in [6.07, 6.45) is -0.384. The lowest BCUT2D eigenvalue weighted by atomic mass is 9.42. The zero-order valence-corrected chi connectivity index (χ0v) is 26.8. The Balaban J connectivity index is 1.99. The van der Waals surface area contributed by atoms with Crippen molar-refractivity contribution in [2.75, 3.05) is 13.7 Å². The molecule has 0 radical (unpaired) electrons. The molecule has 0 aromatic heterocycles. The van der Waals surface area contributed by atoms with Gasteiger partial charge in [-0.3, -0.25) is 9.59 Å². The number of hydrogen-bond acceptors (Lipinski definition) is 8. The Kier molecular flexibility index (Phi) is 7.81. The summed E-state index contributed by atoms with van der Waals surface area (Å²) in [6, 6.07) is 0. The summed E-state index contributed by atoms with van der Waals surface area (Å²) in [4.78, 5) is 27.1. The molecular weight excluding hydrogens is 516 g/mol. The molecule has 1 heterocycles. The van der Waals surface area contributed by atoms with Gasteiger partial charge in [0.25, 0.3) is 0 Å².